The zero-order chi connectivity index (χ0) is 24.2. The number of rotatable bonds is 8. The van der Waals surface area contributed by atoms with E-state index in [0.717, 1.165) is 44.9 Å². The third-order valence-electron chi connectivity index (χ3n) is 5.70. The first-order chi connectivity index (χ1) is 17.1. The lowest BCUT2D eigenvalue weighted by Crippen LogP contribution is -2.24. The van der Waals surface area contributed by atoms with E-state index in [4.69, 9.17) is 4.74 Å². The minimum Gasteiger partial charge on any atom is -0.497 e. The minimum absolute atomic E-state index is 0.0711. The van der Waals surface area contributed by atoms with E-state index >= 15 is 0 Å². The Kier molecular flexibility index (Phi) is 6.54. The number of aromatic amines is 1. The van der Waals surface area contributed by atoms with Crippen molar-refractivity contribution in [3.63, 3.8) is 0 Å². The smallest absolute Gasteiger partial charge is 0.230 e. The van der Waals surface area contributed by atoms with Gasteiger partial charge in [-0.2, -0.15) is 0 Å². The highest BCUT2D eigenvalue weighted by molar-refractivity contribution is 7.99. The monoisotopic (exact) mass is 483 g/mol. The summed E-state index contributed by atoms with van der Waals surface area (Å²) in [5.41, 5.74) is 5.10. The molecule has 2 N–H and O–H groups in total. The SMILES string of the molecule is COc1ccc(CNC(=O)CSc2nnc(-c3c[nH]c4ccccc34)n2-c2cccc(C)c2)cc1. The first kappa shape index (κ1) is 22.7. The van der Waals surface area contributed by atoms with Crippen LogP contribution in [0.3, 0.4) is 0 Å². The van der Waals surface area contributed by atoms with Crippen LogP contribution in [0.15, 0.2) is 84.1 Å². The van der Waals surface area contributed by atoms with Gasteiger partial charge in [-0.05, 0) is 48.4 Å². The van der Waals surface area contributed by atoms with E-state index in [1.54, 1.807) is 7.11 Å². The topological polar surface area (TPSA) is 84.8 Å². The number of nitrogens with one attached hydrogen (secondary N) is 2. The van der Waals surface area contributed by atoms with Gasteiger partial charge in [-0.25, -0.2) is 0 Å². The summed E-state index contributed by atoms with van der Waals surface area (Å²) in [5.74, 6) is 1.68. The van der Waals surface area contributed by atoms with Crippen LogP contribution in [0.25, 0.3) is 28.0 Å². The second-order valence-corrected chi connectivity index (χ2v) is 9.08. The number of methoxy groups -OCH3 is 1. The van der Waals surface area contributed by atoms with Gasteiger partial charge in [0.25, 0.3) is 0 Å². The van der Waals surface area contributed by atoms with Crippen molar-refractivity contribution in [2.45, 2.75) is 18.6 Å². The number of amides is 1. The molecule has 0 saturated heterocycles. The number of thioether (sulfide) groups is 1. The molecule has 1 amide bonds. The molecule has 0 unspecified atom stereocenters. The summed E-state index contributed by atoms with van der Waals surface area (Å²) < 4.78 is 7.20. The normalized spacial score (nSPS) is 11.0. The van der Waals surface area contributed by atoms with Gasteiger partial charge in [0.1, 0.15) is 5.75 Å². The fraction of sp³-hybridized carbons (Fsp3) is 0.148. The van der Waals surface area contributed by atoms with Crippen LogP contribution in [0.2, 0.25) is 0 Å². The van der Waals surface area contributed by atoms with Crippen molar-refractivity contribution < 1.29 is 9.53 Å². The number of H-pyrrole nitrogens is 1. The maximum absolute atomic E-state index is 12.6. The molecule has 7 nitrogen and oxygen atoms in total. The lowest BCUT2D eigenvalue weighted by molar-refractivity contribution is -0.118. The Morgan fingerprint density at radius 2 is 1.89 bits per heavy atom. The number of fused-ring (bicyclic) bond motifs is 1. The largest absolute Gasteiger partial charge is 0.497 e. The molecule has 0 aliphatic rings. The number of ether oxygens (including phenoxy) is 1. The van der Waals surface area contributed by atoms with E-state index < -0.39 is 0 Å². The number of aromatic nitrogens is 4. The molecule has 0 aliphatic heterocycles. The van der Waals surface area contributed by atoms with Gasteiger partial charge in [0.2, 0.25) is 5.91 Å². The molecule has 0 aliphatic carbocycles. The van der Waals surface area contributed by atoms with Crippen LogP contribution in [0, 0.1) is 6.92 Å². The maximum atomic E-state index is 12.6. The average Bonchev–Trinajstić information content (AvgIpc) is 3.50. The summed E-state index contributed by atoms with van der Waals surface area (Å²) in [7, 11) is 1.63. The van der Waals surface area contributed by atoms with Crippen molar-refractivity contribution >= 4 is 28.6 Å². The molecular weight excluding hydrogens is 458 g/mol. The third kappa shape index (κ3) is 4.93. The molecule has 176 valence electrons. The molecule has 35 heavy (non-hydrogen) atoms. The Balaban J connectivity index is 1.38. The van der Waals surface area contributed by atoms with Crippen LogP contribution < -0.4 is 10.1 Å². The quantitative estimate of drug-likeness (QED) is 0.299. The third-order valence-corrected chi connectivity index (χ3v) is 6.63. The number of aryl methyl sites for hydroxylation is 1. The maximum Gasteiger partial charge on any atom is 0.230 e. The Labute approximate surface area is 207 Å². The molecular formula is C27H25N5O2S. The molecule has 0 saturated carbocycles. The standard InChI is InChI=1S/C27H25N5O2S/c1-18-6-5-7-20(14-18)32-26(23-16-28-24-9-4-3-8-22(23)24)30-31-27(32)35-17-25(33)29-15-19-10-12-21(34-2)13-11-19/h3-14,16,28H,15,17H2,1-2H3,(H,29,33). The summed E-state index contributed by atoms with van der Waals surface area (Å²) >= 11 is 1.37. The summed E-state index contributed by atoms with van der Waals surface area (Å²) in [6, 6.07) is 23.9. The molecule has 2 aromatic heterocycles. The fourth-order valence-corrected chi connectivity index (χ4v) is 4.70. The van der Waals surface area contributed by atoms with Crippen molar-refractivity contribution in [1.29, 1.82) is 0 Å². The number of hydrogen-bond donors (Lipinski definition) is 2. The first-order valence-corrected chi connectivity index (χ1v) is 12.2. The van der Waals surface area contributed by atoms with Gasteiger partial charge in [-0.3, -0.25) is 9.36 Å². The highest BCUT2D eigenvalue weighted by Crippen LogP contribution is 2.32. The number of carbonyl (C=O) groups excluding carboxylic acids is 1. The minimum atomic E-state index is -0.0711. The second-order valence-electron chi connectivity index (χ2n) is 8.14. The Hall–Kier alpha value is -4.04. The van der Waals surface area contributed by atoms with Gasteiger partial charge in [0.15, 0.2) is 11.0 Å². The number of nitrogens with zero attached hydrogens (tertiary/aromatic N) is 3. The van der Waals surface area contributed by atoms with Crippen molar-refractivity contribution in [2.75, 3.05) is 12.9 Å². The van der Waals surface area contributed by atoms with Crippen LogP contribution in [-0.2, 0) is 11.3 Å². The van der Waals surface area contributed by atoms with E-state index in [1.807, 2.05) is 65.4 Å². The summed E-state index contributed by atoms with van der Waals surface area (Å²) in [6.45, 7) is 2.51. The van der Waals surface area contributed by atoms with E-state index in [-0.39, 0.29) is 11.7 Å². The molecule has 0 atom stereocenters. The molecule has 5 rings (SSSR count). The molecule has 8 heteroatoms. The zero-order valence-corrected chi connectivity index (χ0v) is 20.3. The lowest BCUT2D eigenvalue weighted by Gasteiger charge is -2.11. The van der Waals surface area contributed by atoms with Crippen molar-refractivity contribution in [3.8, 4) is 22.8 Å². The molecule has 2 heterocycles. The van der Waals surface area contributed by atoms with Crippen molar-refractivity contribution in [3.05, 3.63) is 90.1 Å². The van der Waals surface area contributed by atoms with Crippen molar-refractivity contribution in [1.82, 2.24) is 25.1 Å². The second kappa shape index (κ2) is 10.1. The predicted molar refractivity (Wildman–Crippen MR) is 139 cm³/mol. The van der Waals surface area contributed by atoms with Crippen LogP contribution in [0.5, 0.6) is 5.75 Å². The molecule has 0 radical (unpaired) electrons. The van der Waals surface area contributed by atoms with Gasteiger partial charge in [0.05, 0.1) is 12.9 Å². The molecule has 0 fully saturated rings. The van der Waals surface area contributed by atoms with E-state index in [1.165, 1.54) is 11.8 Å². The Morgan fingerprint density at radius 3 is 2.69 bits per heavy atom. The Morgan fingerprint density at radius 1 is 1.06 bits per heavy atom. The average molecular weight is 484 g/mol. The number of carbonyl (C=O) groups is 1. The van der Waals surface area contributed by atoms with E-state index in [9.17, 15) is 4.79 Å². The summed E-state index contributed by atoms with van der Waals surface area (Å²) in [6.07, 6.45) is 1.96. The summed E-state index contributed by atoms with van der Waals surface area (Å²) in [5, 5.41) is 13.7. The van der Waals surface area contributed by atoms with Crippen LogP contribution >= 0.6 is 11.8 Å². The molecule has 0 spiro atoms. The van der Waals surface area contributed by atoms with Crippen molar-refractivity contribution in [2.24, 2.45) is 0 Å². The van der Waals surface area contributed by atoms with Crippen LogP contribution in [-0.4, -0.2) is 38.5 Å². The van der Waals surface area contributed by atoms with E-state index in [0.29, 0.717) is 11.7 Å². The highest BCUT2D eigenvalue weighted by atomic mass is 32.2. The molecule has 0 bridgehead atoms. The van der Waals surface area contributed by atoms with Gasteiger partial charge in [-0.15, -0.1) is 10.2 Å². The predicted octanol–water partition coefficient (Wildman–Crippen LogP) is 5.14. The Bertz CT molecular complexity index is 1470. The number of hydrogen-bond acceptors (Lipinski definition) is 5. The fourth-order valence-electron chi connectivity index (χ4n) is 3.92. The van der Waals surface area contributed by atoms with E-state index in [2.05, 4.69) is 45.6 Å². The number of para-hydroxylation sites is 1. The van der Waals surface area contributed by atoms with Gasteiger partial charge in [-0.1, -0.05) is 54.2 Å². The van der Waals surface area contributed by atoms with Gasteiger partial charge < -0.3 is 15.0 Å². The van der Waals surface area contributed by atoms with Crippen LogP contribution in [0.1, 0.15) is 11.1 Å². The lowest BCUT2D eigenvalue weighted by atomic mass is 10.1. The summed E-state index contributed by atoms with van der Waals surface area (Å²) in [4.78, 5) is 15.9. The van der Waals surface area contributed by atoms with Gasteiger partial charge in [0, 0.05) is 34.9 Å². The van der Waals surface area contributed by atoms with Gasteiger partial charge >= 0.3 is 0 Å². The molecule has 3 aromatic carbocycles. The number of benzene rings is 3. The first-order valence-electron chi connectivity index (χ1n) is 11.2. The van der Waals surface area contributed by atoms with Crippen LogP contribution in [0.4, 0.5) is 0 Å². The zero-order valence-electron chi connectivity index (χ0n) is 19.5. The highest BCUT2D eigenvalue weighted by Gasteiger charge is 2.19. The molecule has 5 aromatic rings.